The SMILES string of the molecule is CN(C)c1ccc(C(=O)N[C@H](c2ccc(F)cc2)[C@@H]2CCCO2)cn1. The lowest BCUT2D eigenvalue weighted by atomic mass is 9.99. The minimum atomic E-state index is -0.316. The first-order valence-corrected chi connectivity index (χ1v) is 8.36. The zero-order valence-corrected chi connectivity index (χ0v) is 14.4. The molecule has 0 radical (unpaired) electrons. The van der Waals surface area contributed by atoms with E-state index >= 15 is 0 Å². The van der Waals surface area contributed by atoms with Crippen molar-refractivity contribution in [3.63, 3.8) is 0 Å². The minimum Gasteiger partial charge on any atom is -0.376 e. The van der Waals surface area contributed by atoms with Gasteiger partial charge < -0.3 is 15.0 Å². The molecule has 25 heavy (non-hydrogen) atoms. The van der Waals surface area contributed by atoms with Crippen LogP contribution in [0.4, 0.5) is 10.2 Å². The second kappa shape index (κ2) is 7.61. The molecule has 0 aliphatic carbocycles. The van der Waals surface area contributed by atoms with Crippen molar-refractivity contribution in [2.75, 3.05) is 25.6 Å². The largest absolute Gasteiger partial charge is 0.376 e. The fourth-order valence-electron chi connectivity index (χ4n) is 2.94. The van der Waals surface area contributed by atoms with Crippen LogP contribution in [0.5, 0.6) is 0 Å². The number of anilines is 1. The number of pyridine rings is 1. The van der Waals surface area contributed by atoms with Gasteiger partial charge in [-0.1, -0.05) is 12.1 Å². The van der Waals surface area contributed by atoms with Gasteiger partial charge in [0.25, 0.3) is 5.91 Å². The van der Waals surface area contributed by atoms with Crippen molar-refractivity contribution in [3.05, 3.63) is 59.5 Å². The molecule has 3 rings (SSSR count). The molecule has 1 amide bonds. The molecule has 1 aromatic carbocycles. The molecule has 1 aliphatic rings. The lowest BCUT2D eigenvalue weighted by Gasteiger charge is -2.25. The highest BCUT2D eigenvalue weighted by molar-refractivity contribution is 5.94. The van der Waals surface area contributed by atoms with E-state index in [0.29, 0.717) is 12.2 Å². The predicted molar refractivity (Wildman–Crippen MR) is 94.1 cm³/mol. The highest BCUT2D eigenvalue weighted by atomic mass is 19.1. The van der Waals surface area contributed by atoms with Crippen LogP contribution in [0, 0.1) is 5.82 Å². The topological polar surface area (TPSA) is 54.5 Å². The number of carbonyl (C=O) groups is 1. The van der Waals surface area contributed by atoms with Gasteiger partial charge in [-0.2, -0.15) is 0 Å². The smallest absolute Gasteiger partial charge is 0.253 e. The Hall–Kier alpha value is -2.47. The van der Waals surface area contributed by atoms with Gasteiger partial charge in [-0.15, -0.1) is 0 Å². The summed E-state index contributed by atoms with van der Waals surface area (Å²) in [7, 11) is 3.79. The van der Waals surface area contributed by atoms with Gasteiger partial charge in [0.05, 0.1) is 17.7 Å². The summed E-state index contributed by atoms with van der Waals surface area (Å²) < 4.78 is 19.0. The molecule has 0 unspecified atom stereocenters. The maximum absolute atomic E-state index is 13.2. The van der Waals surface area contributed by atoms with E-state index in [1.54, 1.807) is 30.5 Å². The molecule has 6 heteroatoms. The van der Waals surface area contributed by atoms with Crippen molar-refractivity contribution < 1.29 is 13.9 Å². The average molecular weight is 343 g/mol. The first kappa shape index (κ1) is 17.4. The van der Waals surface area contributed by atoms with E-state index < -0.39 is 0 Å². The number of nitrogens with zero attached hydrogens (tertiary/aromatic N) is 2. The third-order valence-electron chi connectivity index (χ3n) is 4.32. The van der Waals surface area contributed by atoms with Crippen molar-refractivity contribution in [3.8, 4) is 0 Å². The molecule has 2 aromatic rings. The predicted octanol–water partition coefficient (Wildman–Crippen LogP) is 2.94. The van der Waals surface area contributed by atoms with Gasteiger partial charge in [0.1, 0.15) is 11.6 Å². The summed E-state index contributed by atoms with van der Waals surface area (Å²) in [6, 6.07) is 9.41. The Kier molecular flexibility index (Phi) is 5.28. The number of ether oxygens (including phenoxy) is 1. The van der Waals surface area contributed by atoms with Crippen LogP contribution in [-0.4, -0.2) is 37.7 Å². The van der Waals surface area contributed by atoms with E-state index in [1.807, 2.05) is 19.0 Å². The summed E-state index contributed by atoms with van der Waals surface area (Å²) in [6.07, 6.45) is 3.27. The van der Waals surface area contributed by atoms with E-state index in [1.165, 1.54) is 12.1 Å². The summed E-state index contributed by atoms with van der Waals surface area (Å²) in [5.41, 5.74) is 1.32. The standard InChI is InChI=1S/C19H22FN3O2/c1-23(2)17-10-7-14(12-21-17)19(24)22-18(16-4-3-11-25-16)13-5-8-15(20)9-6-13/h5-10,12,16,18H,3-4,11H2,1-2H3,(H,22,24)/t16-,18+/m0/s1. The van der Waals surface area contributed by atoms with E-state index in [9.17, 15) is 9.18 Å². The number of hydrogen-bond donors (Lipinski definition) is 1. The maximum atomic E-state index is 13.2. The fraction of sp³-hybridized carbons (Fsp3) is 0.368. The Bertz CT molecular complexity index is 710. The third kappa shape index (κ3) is 4.14. The lowest BCUT2D eigenvalue weighted by molar-refractivity contribution is 0.0672. The Morgan fingerprint density at radius 3 is 2.60 bits per heavy atom. The summed E-state index contributed by atoms with van der Waals surface area (Å²) in [5.74, 6) is 0.262. The molecule has 132 valence electrons. The number of nitrogens with one attached hydrogen (secondary N) is 1. The Morgan fingerprint density at radius 2 is 2.04 bits per heavy atom. The van der Waals surface area contributed by atoms with E-state index in [-0.39, 0.29) is 23.9 Å². The van der Waals surface area contributed by atoms with Crippen LogP contribution in [0.3, 0.4) is 0 Å². The molecule has 0 spiro atoms. The Morgan fingerprint density at radius 1 is 1.28 bits per heavy atom. The molecular weight excluding hydrogens is 321 g/mol. The van der Waals surface area contributed by atoms with E-state index in [2.05, 4.69) is 10.3 Å². The summed E-state index contributed by atoms with van der Waals surface area (Å²) >= 11 is 0. The molecule has 1 fully saturated rings. The first-order chi connectivity index (χ1) is 12.0. The van der Waals surface area contributed by atoms with Crippen LogP contribution in [0.1, 0.15) is 34.8 Å². The van der Waals surface area contributed by atoms with Crippen molar-refractivity contribution in [2.45, 2.75) is 25.0 Å². The molecule has 1 aromatic heterocycles. The molecule has 0 saturated carbocycles. The number of amides is 1. The number of rotatable bonds is 5. The number of carbonyl (C=O) groups excluding carboxylic acids is 1. The van der Waals surface area contributed by atoms with Crippen molar-refractivity contribution in [1.82, 2.24) is 10.3 Å². The second-order valence-electron chi connectivity index (χ2n) is 6.35. The van der Waals surface area contributed by atoms with Gasteiger partial charge in [-0.3, -0.25) is 4.79 Å². The van der Waals surface area contributed by atoms with Gasteiger partial charge >= 0.3 is 0 Å². The van der Waals surface area contributed by atoms with Gasteiger partial charge in [-0.25, -0.2) is 9.37 Å². The van der Waals surface area contributed by atoms with Gasteiger partial charge in [0, 0.05) is 26.9 Å². The average Bonchev–Trinajstić information content (AvgIpc) is 3.15. The fourth-order valence-corrected chi connectivity index (χ4v) is 2.94. The monoisotopic (exact) mass is 343 g/mol. The van der Waals surface area contributed by atoms with Crippen LogP contribution in [-0.2, 0) is 4.74 Å². The third-order valence-corrected chi connectivity index (χ3v) is 4.32. The number of aromatic nitrogens is 1. The summed E-state index contributed by atoms with van der Waals surface area (Å²) in [5, 5.41) is 3.02. The van der Waals surface area contributed by atoms with Gasteiger partial charge in [0.15, 0.2) is 0 Å². The summed E-state index contributed by atoms with van der Waals surface area (Å²) in [4.78, 5) is 18.8. The molecule has 1 N–H and O–H groups in total. The number of hydrogen-bond acceptors (Lipinski definition) is 4. The van der Waals surface area contributed by atoms with Crippen LogP contribution < -0.4 is 10.2 Å². The second-order valence-corrected chi connectivity index (χ2v) is 6.35. The molecule has 1 saturated heterocycles. The van der Waals surface area contributed by atoms with Gasteiger partial charge in [0.2, 0.25) is 0 Å². The molecule has 1 aliphatic heterocycles. The number of halogens is 1. The van der Waals surface area contributed by atoms with E-state index in [4.69, 9.17) is 4.74 Å². The molecule has 5 nitrogen and oxygen atoms in total. The van der Waals surface area contributed by atoms with Crippen LogP contribution in [0.2, 0.25) is 0 Å². The van der Waals surface area contributed by atoms with Crippen LogP contribution in [0.25, 0.3) is 0 Å². The van der Waals surface area contributed by atoms with Crippen molar-refractivity contribution in [1.29, 1.82) is 0 Å². The normalized spacial score (nSPS) is 18.0. The van der Waals surface area contributed by atoms with Crippen molar-refractivity contribution in [2.24, 2.45) is 0 Å². The highest BCUT2D eigenvalue weighted by Gasteiger charge is 2.29. The maximum Gasteiger partial charge on any atom is 0.253 e. The highest BCUT2D eigenvalue weighted by Crippen LogP contribution is 2.27. The quantitative estimate of drug-likeness (QED) is 0.907. The minimum absolute atomic E-state index is 0.108. The Labute approximate surface area is 146 Å². The van der Waals surface area contributed by atoms with Gasteiger partial charge in [-0.05, 0) is 42.7 Å². The van der Waals surface area contributed by atoms with Crippen LogP contribution >= 0.6 is 0 Å². The zero-order chi connectivity index (χ0) is 17.8. The first-order valence-electron chi connectivity index (χ1n) is 8.36. The van der Waals surface area contributed by atoms with Crippen molar-refractivity contribution >= 4 is 11.7 Å². The molecular formula is C19H22FN3O2. The van der Waals surface area contributed by atoms with Crippen LogP contribution in [0.15, 0.2) is 42.6 Å². The van der Waals surface area contributed by atoms with E-state index in [0.717, 1.165) is 24.2 Å². The summed E-state index contributed by atoms with van der Waals surface area (Å²) in [6.45, 7) is 0.678. The number of benzene rings is 1. The lowest BCUT2D eigenvalue weighted by Crippen LogP contribution is -2.36. The molecule has 0 bridgehead atoms. The molecule has 2 heterocycles. The molecule has 2 atom stereocenters. The Balaban J connectivity index is 1.79. The zero-order valence-electron chi connectivity index (χ0n) is 14.4.